The Bertz CT molecular complexity index is 3560. The van der Waals surface area contributed by atoms with Crippen molar-refractivity contribution in [3.05, 3.63) is 247 Å². The molecule has 0 bridgehead atoms. The predicted octanol–water partition coefficient (Wildman–Crippen LogP) is 14.7. The van der Waals surface area contributed by atoms with Gasteiger partial charge >= 0.3 is 0 Å². The number of rotatable bonds is 7. The van der Waals surface area contributed by atoms with Gasteiger partial charge < -0.3 is 5.32 Å². The maximum atomic E-state index is 5.37. The highest BCUT2D eigenvalue weighted by Crippen LogP contribution is 2.37. The molecule has 0 saturated carbocycles. The molecule has 302 valence electrons. The van der Waals surface area contributed by atoms with Crippen LogP contribution in [-0.4, -0.2) is 10.8 Å². The summed E-state index contributed by atoms with van der Waals surface area (Å²) in [5, 5.41) is 15.9. The van der Waals surface area contributed by atoms with Gasteiger partial charge in [0.25, 0.3) is 0 Å². The molecule has 2 N–H and O–H groups in total. The first-order valence-corrected chi connectivity index (χ1v) is 21.9. The maximum absolute atomic E-state index is 5.37. The van der Waals surface area contributed by atoms with Gasteiger partial charge in [-0.1, -0.05) is 194 Å². The summed E-state index contributed by atoms with van der Waals surface area (Å²) in [5.74, 6) is 0.845. The molecule has 1 aliphatic heterocycles. The number of benzene rings is 10. The molecule has 0 radical (unpaired) electrons. The number of nitrogens with zero attached hydrogens (tertiary/aromatic N) is 2. The molecule has 0 amide bonds. The van der Waals surface area contributed by atoms with E-state index in [1.54, 1.807) is 0 Å². The zero-order chi connectivity index (χ0) is 42.4. The quantitative estimate of drug-likeness (QED) is 0.158. The Balaban J connectivity index is 0.976. The lowest BCUT2D eigenvalue weighted by Crippen LogP contribution is -2.44. The standard InChI is InChI=1S/C60H42N4/c1-3-15-42(16-4-1)58-62-59(43-17-5-2-6-18-43)64-60(63-58)50-37-48(39-26-28-41(29-27-39)52-24-13-19-40-14-7-8-20-51(40)52)36-49(38-50)46-31-30-45-35-47(33-32-44(45)34-46)57-55-23-10-9-21-53(55)54-22-11-12-25-56(54)61-57/h1-38,58-59,62H,(H,63,64). The number of nitrogens with one attached hydrogen (secondary N) is 2. The van der Waals surface area contributed by atoms with E-state index in [1.165, 1.54) is 43.4 Å². The molecule has 10 aromatic carbocycles. The largest absolute Gasteiger partial charge is 0.350 e. The van der Waals surface area contributed by atoms with Gasteiger partial charge in [-0.15, -0.1) is 0 Å². The minimum Gasteiger partial charge on any atom is -0.350 e. The average Bonchev–Trinajstić information content (AvgIpc) is 3.38. The Kier molecular flexibility index (Phi) is 9.36. The number of fused-ring (bicyclic) bond motifs is 5. The third kappa shape index (κ3) is 6.97. The van der Waals surface area contributed by atoms with Crippen LogP contribution in [0.15, 0.2) is 236 Å². The molecule has 4 nitrogen and oxygen atoms in total. The molecule has 0 aliphatic carbocycles. The second-order valence-electron chi connectivity index (χ2n) is 16.6. The van der Waals surface area contributed by atoms with Crippen molar-refractivity contribution in [1.29, 1.82) is 0 Å². The maximum Gasteiger partial charge on any atom is 0.131 e. The third-order valence-corrected chi connectivity index (χ3v) is 12.7. The van der Waals surface area contributed by atoms with Crippen molar-refractivity contribution in [2.24, 2.45) is 4.99 Å². The second kappa shape index (κ2) is 15.9. The van der Waals surface area contributed by atoms with Gasteiger partial charge in [0.1, 0.15) is 18.2 Å². The van der Waals surface area contributed by atoms with Crippen LogP contribution in [0.5, 0.6) is 0 Å². The normalized spacial score (nSPS) is 15.0. The zero-order valence-corrected chi connectivity index (χ0v) is 35.0. The van der Waals surface area contributed by atoms with Crippen LogP contribution in [0.4, 0.5) is 0 Å². The van der Waals surface area contributed by atoms with Crippen molar-refractivity contribution >= 4 is 49.1 Å². The molecular weight excluding hydrogens is 777 g/mol. The molecule has 0 fully saturated rings. The number of hydrogen-bond acceptors (Lipinski definition) is 4. The average molecular weight is 819 g/mol. The van der Waals surface area contributed by atoms with Crippen molar-refractivity contribution < 1.29 is 0 Å². The van der Waals surface area contributed by atoms with E-state index < -0.39 is 0 Å². The molecule has 4 heteroatoms. The van der Waals surface area contributed by atoms with Crippen molar-refractivity contribution in [3.8, 4) is 44.6 Å². The summed E-state index contributed by atoms with van der Waals surface area (Å²) in [4.78, 5) is 10.6. The Morgan fingerprint density at radius 1 is 0.344 bits per heavy atom. The number of aliphatic imine (C=N–C) groups is 1. The summed E-state index contributed by atoms with van der Waals surface area (Å²) in [5.41, 5.74) is 13.3. The summed E-state index contributed by atoms with van der Waals surface area (Å²) < 4.78 is 0. The van der Waals surface area contributed by atoms with E-state index in [0.717, 1.165) is 66.9 Å². The Labute approximate surface area is 372 Å². The fraction of sp³-hybridized carbons (Fsp3) is 0.0333. The van der Waals surface area contributed by atoms with Crippen molar-refractivity contribution in [3.63, 3.8) is 0 Å². The summed E-state index contributed by atoms with van der Waals surface area (Å²) in [7, 11) is 0. The fourth-order valence-electron chi connectivity index (χ4n) is 9.44. The summed E-state index contributed by atoms with van der Waals surface area (Å²) in [6.45, 7) is 0. The molecule has 1 aliphatic rings. The van der Waals surface area contributed by atoms with Crippen LogP contribution >= 0.6 is 0 Å². The Hall–Kier alpha value is -8.18. The lowest BCUT2D eigenvalue weighted by atomic mass is 9.92. The molecule has 2 heterocycles. The first-order chi connectivity index (χ1) is 31.7. The molecule has 0 spiro atoms. The highest BCUT2D eigenvalue weighted by atomic mass is 15.3. The molecule has 1 aromatic heterocycles. The van der Waals surface area contributed by atoms with Crippen LogP contribution in [0.1, 0.15) is 29.0 Å². The molecule has 64 heavy (non-hydrogen) atoms. The third-order valence-electron chi connectivity index (χ3n) is 12.7. The van der Waals surface area contributed by atoms with Gasteiger partial charge in [-0.05, 0) is 108 Å². The molecule has 2 unspecified atom stereocenters. The highest BCUT2D eigenvalue weighted by Gasteiger charge is 2.26. The van der Waals surface area contributed by atoms with E-state index in [1.807, 2.05) is 0 Å². The summed E-state index contributed by atoms with van der Waals surface area (Å²) in [6.07, 6.45) is -0.381. The number of amidine groups is 1. The second-order valence-corrected chi connectivity index (χ2v) is 16.6. The minimum atomic E-state index is -0.237. The van der Waals surface area contributed by atoms with E-state index in [-0.39, 0.29) is 12.3 Å². The lowest BCUT2D eigenvalue weighted by molar-refractivity contribution is 0.409. The number of hydrogen-bond donors (Lipinski definition) is 2. The van der Waals surface area contributed by atoms with Crippen molar-refractivity contribution in [2.45, 2.75) is 12.3 Å². The van der Waals surface area contributed by atoms with Gasteiger partial charge in [0, 0.05) is 21.9 Å². The van der Waals surface area contributed by atoms with Crippen LogP contribution < -0.4 is 10.6 Å². The fourth-order valence-corrected chi connectivity index (χ4v) is 9.44. The van der Waals surface area contributed by atoms with Crippen LogP contribution in [0, 0.1) is 0 Å². The molecule has 11 aromatic rings. The van der Waals surface area contributed by atoms with Crippen molar-refractivity contribution in [1.82, 2.24) is 15.6 Å². The van der Waals surface area contributed by atoms with Gasteiger partial charge in [-0.25, -0.2) is 9.98 Å². The van der Waals surface area contributed by atoms with Gasteiger partial charge in [0.05, 0.1) is 11.2 Å². The molecule has 2 atom stereocenters. The topological polar surface area (TPSA) is 49.3 Å². The van der Waals surface area contributed by atoms with E-state index in [0.29, 0.717) is 0 Å². The predicted molar refractivity (Wildman–Crippen MR) is 267 cm³/mol. The van der Waals surface area contributed by atoms with E-state index in [4.69, 9.17) is 9.98 Å². The Morgan fingerprint density at radius 2 is 0.906 bits per heavy atom. The summed E-state index contributed by atoms with van der Waals surface area (Å²) in [6, 6.07) is 82.7. The van der Waals surface area contributed by atoms with Gasteiger partial charge in [-0.2, -0.15) is 0 Å². The van der Waals surface area contributed by atoms with Gasteiger partial charge in [0.2, 0.25) is 0 Å². The number of aromatic nitrogens is 1. The molecule has 12 rings (SSSR count). The number of para-hydroxylation sites is 1. The van der Waals surface area contributed by atoms with E-state index >= 15 is 0 Å². The molecular formula is C60H42N4. The monoisotopic (exact) mass is 818 g/mol. The van der Waals surface area contributed by atoms with Crippen LogP contribution in [0.25, 0.3) is 87.9 Å². The van der Waals surface area contributed by atoms with E-state index in [9.17, 15) is 0 Å². The first-order valence-electron chi connectivity index (χ1n) is 21.9. The SMILES string of the molecule is c1ccc(C2N=C(c3cc(-c4ccc(-c5cccc6ccccc56)cc4)cc(-c4ccc5cc(-c6nc7ccccc7c7ccccc67)ccc5c4)c3)NC(c3ccccc3)N2)cc1. The minimum absolute atomic E-state index is 0.143. The van der Waals surface area contributed by atoms with Gasteiger partial charge in [-0.3, -0.25) is 5.32 Å². The Morgan fingerprint density at radius 3 is 1.69 bits per heavy atom. The van der Waals surface area contributed by atoms with E-state index in [2.05, 4.69) is 241 Å². The number of pyridine rings is 1. The molecule has 0 saturated heterocycles. The highest BCUT2D eigenvalue weighted by molar-refractivity contribution is 6.11. The van der Waals surface area contributed by atoms with Gasteiger partial charge in [0.15, 0.2) is 0 Å². The van der Waals surface area contributed by atoms with Crippen LogP contribution in [0.3, 0.4) is 0 Å². The smallest absolute Gasteiger partial charge is 0.131 e. The lowest BCUT2D eigenvalue weighted by Gasteiger charge is -2.32. The van der Waals surface area contributed by atoms with Crippen LogP contribution in [-0.2, 0) is 0 Å². The summed E-state index contributed by atoms with van der Waals surface area (Å²) >= 11 is 0. The van der Waals surface area contributed by atoms with Crippen LogP contribution in [0.2, 0.25) is 0 Å². The first kappa shape index (κ1) is 37.6. The van der Waals surface area contributed by atoms with Crippen molar-refractivity contribution in [2.75, 3.05) is 0 Å². The zero-order valence-electron chi connectivity index (χ0n) is 35.0.